The summed E-state index contributed by atoms with van der Waals surface area (Å²) >= 11 is 0. The minimum Gasteiger partial charge on any atom is -0.337 e. The SMILES string of the molecule is CC(C)(C)C1CCN(C(=O)c2cccc(NN)n2)C1. The van der Waals surface area contributed by atoms with Gasteiger partial charge in [-0.25, -0.2) is 10.8 Å². The smallest absolute Gasteiger partial charge is 0.272 e. The number of amides is 1. The topological polar surface area (TPSA) is 71.2 Å². The van der Waals surface area contributed by atoms with Gasteiger partial charge in [-0.15, -0.1) is 0 Å². The van der Waals surface area contributed by atoms with Crippen LogP contribution >= 0.6 is 0 Å². The number of nitrogens with one attached hydrogen (secondary N) is 1. The van der Waals surface area contributed by atoms with Crippen molar-refractivity contribution >= 4 is 11.7 Å². The fourth-order valence-corrected chi connectivity index (χ4v) is 2.45. The standard InChI is InChI=1S/C14H22N4O/c1-14(2,3)10-7-8-18(9-10)13(19)11-5-4-6-12(16-11)17-15/h4-6,10H,7-9,15H2,1-3H3,(H,16,17). The highest BCUT2D eigenvalue weighted by molar-refractivity contribution is 5.92. The second-order valence-electron chi connectivity index (χ2n) is 6.16. The molecule has 19 heavy (non-hydrogen) atoms. The third-order valence-corrected chi connectivity index (χ3v) is 3.82. The Morgan fingerprint density at radius 1 is 1.47 bits per heavy atom. The summed E-state index contributed by atoms with van der Waals surface area (Å²) in [4.78, 5) is 18.5. The minimum absolute atomic E-state index is 0.0103. The number of carbonyl (C=O) groups excluding carboxylic acids is 1. The molecule has 0 aromatic carbocycles. The fourth-order valence-electron chi connectivity index (χ4n) is 2.45. The normalized spacial score (nSPS) is 19.6. The molecule has 1 aromatic rings. The molecule has 1 unspecified atom stereocenters. The molecule has 0 radical (unpaired) electrons. The number of nitrogens with zero attached hydrogens (tertiary/aromatic N) is 2. The molecular weight excluding hydrogens is 240 g/mol. The number of likely N-dealkylation sites (tertiary alicyclic amines) is 1. The highest BCUT2D eigenvalue weighted by Crippen LogP contribution is 2.33. The Balaban J connectivity index is 2.09. The number of rotatable bonds is 2. The predicted octanol–water partition coefficient (Wildman–Crippen LogP) is 1.88. The van der Waals surface area contributed by atoms with Crippen LogP contribution in [-0.4, -0.2) is 28.9 Å². The molecule has 1 aliphatic rings. The van der Waals surface area contributed by atoms with Gasteiger partial charge in [0, 0.05) is 13.1 Å². The molecule has 2 heterocycles. The Kier molecular flexibility index (Phi) is 3.75. The number of pyridine rings is 1. The van der Waals surface area contributed by atoms with E-state index in [0.29, 0.717) is 17.4 Å². The van der Waals surface area contributed by atoms with E-state index in [1.165, 1.54) is 0 Å². The molecule has 1 fully saturated rings. The number of carbonyl (C=O) groups is 1. The molecule has 5 nitrogen and oxygen atoms in total. The monoisotopic (exact) mass is 262 g/mol. The fraction of sp³-hybridized carbons (Fsp3) is 0.571. The van der Waals surface area contributed by atoms with Crippen molar-refractivity contribution in [2.24, 2.45) is 17.2 Å². The van der Waals surface area contributed by atoms with Gasteiger partial charge in [0.2, 0.25) is 0 Å². The van der Waals surface area contributed by atoms with Gasteiger partial charge in [-0.1, -0.05) is 26.8 Å². The first-order chi connectivity index (χ1) is 8.91. The molecule has 1 amide bonds. The second kappa shape index (κ2) is 5.17. The first-order valence-electron chi connectivity index (χ1n) is 6.65. The molecular formula is C14H22N4O. The Labute approximate surface area is 114 Å². The summed E-state index contributed by atoms with van der Waals surface area (Å²) in [7, 11) is 0. The molecule has 0 aliphatic carbocycles. The summed E-state index contributed by atoms with van der Waals surface area (Å²) in [6.45, 7) is 8.29. The van der Waals surface area contributed by atoms with Gasteiger partial charge < -0.3 is 10.3 Å². The summed E-state index contributed by atoms with van der Waals surface area (Å²) in [5, 5.41) is 0. The van der Waals surface area contributed by atoms with Crippen molar-refractivity contribution in [3.05, 3.63) is 23.9 Å². The molecule has 0 bridgehead atoms. The van der Waals surface area contributed by atoms with Crippen LogP contribution < -0.4 is 11.3 Å². The van der Waals surface area contributed by atoms with Crippen molar-refractivity contribution in [3.8, 4) is 0 Å². The largest absolute Gasteiger partial charge is 0.337 e. The third kappa shape index (κ3) is 3.04. The van der Waals surface area contributed by atoms with Crippen LogP contribution in [0.25, 0.3) is 0 Å². The van der Waals surface area contributed by atoms with E-state index in [9.17, 15) is 4.79 Å². The van der Waals surface area contributed by atoms with Gasteiger partial charge in [0.15, 0.2) is 0 Å². The first kappa shape index (κ1) is 13.8. The van der Waals surface area contributed by atoms with E-state index in [2.05, 4.69) is 31.2 Å². The van der Waals surface area contributed by atoms with Crippen LogP contribution in [0.2, 0.25) is 0 Å². The van der Waals surface area contributed by atoms with Crippen molar-refractivity contribution in [2.75, 3.05) is 18.5 Å². The molecule has 3 N–H and O–H groups in total. The van der Waals surface area contributed by atoms with Crippen LogP contribution in [0.15, 0.2) is 18.2 Å². The van der Waals surface area contributed by atoms with Gasteiger partial charge in [0.25, 0.3) is 5.91 Å². The summed E-state index contributed by atoms with van der Waals surface area (Å²) < 4.78 is 0. The highest BCUT2D eigenvalue weighted by Gasteiger charge is 2.34. The van der Waals surface area contributed by atoms with Crippen LogP contribution in [0.4, 0.5) is 5.82 Å². The van der Waals surface area contributed by atoms with E-state index in [1.807, 2.05) is 4.90 Å². The van der Waals surface area contributed by atoms with Gasteiger partial charge in [0.05, 0.1) is 0 Å². The number of hydrogen-bond donors (Lipinski definition) is 2. The van der Waals surface area contributed by atoms with Crippen molar-refractivity contribution in [1.29, 1.82) is 0 Å². The number of nitrogen functional groups attached to an aromatic ring is 1. The Morgan fingerprint density at radius 2 is 2.21 bits per heavy atom. The van der Waals surface area contributed by atoms with E-state index in [4.69, 9.17) is 5.84 Å². The van der Waals surface area contributed by atoms with Crippen molar-refractivity contribution in [1.82, 2.24) is 9.88 Å². The molecule has 1 saturated heterocycles. The Morgan fingerprint density at radius 3 is 2.79 bits per heavy atom. The van der Waals surface area contributed by atoms with Crippen molar-refractivity contribution in [3.63, 3.8) is 0 Å². The van der Waals surface area contributed by atoms with E-state index in [-0.39, 0.29) is 11.3 Å². The van der Waals surface area contributed by atoms with E-state index < -0.39 is 0 Å². The molecule has 0 spiro atoms. The summed E-state index contributed by atoms with van der Waals surface area (Å²) in [5.41, 5.74) is 3.15. The number of anilines is 1. The van der Waals surface area contributed by atoms with E-state index in [1.54, 1.807) is 18.2 Å². The minimum atomic E-state index is -0.0103. The predicted molar refractivity (Wildman–Crippen MR) is 75.5 cm³/mol. The van der Waals surface area contributed by atoms with Crippen molar-refractivity contribution in [2.45, 2.75) is 27.2 Å². The number of aromatic nitrogens is 1. The van der Waals surface area contributed by atoms with Crippen LogP contribution in [0.1, 0.15) is 37.7 Å². The van der Waals surface area contributed by atoms with Gasteiger partial charge in [-0.2, -0.15) is 0 Å². The summed E-state index contributed by atoms with van der Waals surface area (Å²) in [6.07, 6.45) is 1.06. The molecule has 0 saturated carbocycles. The number of nitrogens with two attached hydrogens (primary N) is 1. The average molecular weight is 262 g/mol. The second-order valence-corrected chi connectivity index (χ2v) is 6.16. The number of hydrazine groups is 1. The van der Waals surface area contributed by atoms with Crippen molar-refractivity contribution < 1.29 is 4.79 Å². The Hall–Kier alpha value is -1.62. The lowest BCUT2D eigenvalue weighted by atomic mass is 9.80. The lowest BCUT2D eigenvalue weighted by Gasteiger charge is -2.26. The lowest BCUT2D eigenvalue weighted by Crippen LogP contribution is -2.31. The first-order valence-corrected chi connectivity index (χ1v) is 6.65. The van der Waals surface area contributed by atoms with Crippen LogP contribution in [0.5, 0.6) is 0 Å². The average Bonchev–Trinajstić information content (AvgIpc) is 2.87. The molecule has 1 aliphatic heterocycles. The maximum Gasteiger partial charge on any atom is 0.272 e. The van der Waals surface area contributed by atoms with Crippen LogP contribution in [-0.2, 0) is 0 Å². The quantitative estimate of drug-likeness (QED) is 0.630. The zero-order valence-corrected chi connectivity index (χ0v) is 11.8. The van der Waals surface area contributed by atoms with Gasteiger partial charge in [-0.05, 0) is 29.9 Å². The summed E-state index contributed by atoms with van der Waals surface area (Å²) in [5.74, 6) is 6.36. The maximum absolute atomic E-state index is 12.4. The zero-order valence-electron chi connectivity index (χ0n) is 11.8. The Bertz CT molecular complexity index is 467. The van der Waals surface area contributed by atoms with E-state index >= 15 is 0 Å². The maximum atomic E-state index is 12.4. The molecule has 5 heteroatoms. The molecule has 2 rings (SSSR count). The third-order valence-electron chi connectivity index (χ3n) is 3.82. The van der Waals surface area contributed by atoms with Gasteiger partial charge in [-0.3, -0.25) is 4.79 Å². The van der Waals surface area contributed by atoms with Crippen LogP contribution in [0, 0.1) is 11.3 Å². The molecule has 1 atom stereocenters. The zero-order chi connectivity index (χ0) is 14.0. The molecule has 104 valence electrons. The molecule has 1 aromatic heterocycles. The van der Waals surface area contributed by atoms with Gasteiger partial charge in [0.1, 0.15) is 11.5 Å². The highest BCUT2D eigenvalue weighted by atomic mass is 16.2. The summed E-state index contributed by atoms with van der Waals surface area (Å²) in [6, 6.07) is 5.25. The van der Waals surface area contributed by atoms with Crippen LogP contribution in [0.3, 0.4) is 0 Å². The number of hydrogen-bond acceptors (Lipinski definition) is 4. The lowest BCUT2D eigenvalue weighted by molar-refractivity contribution is 0.0771. The van der Waals surface area contributed by atoms with Gasteiger partial charge >= 0.3 is 0 Å². The van der Waals surface area contributed by atoms with E-state index in [0.717, 1.165) is 19.5 Å².